The normalized spacial score (nSPS) is 20.8. The number of carbonyl (C=O) groups excluding carboxylic acids is 5. The van der Waals surface area contributed by atoms with Gasteiger partial charge in [0.15, 0.2) is 0 Å². The number of anilines is 1. The van der Waals surface area contributed by atoms with Gasteiger partial charge in [0.05, 0.1) is 5.41 Å². The van der Waals surface area contributed by atoms with Crippen molar-refractivity contribution in [1.29, 1.82) is 0 Å². The smallest absolute Gasteiger partial charge is 0.312 e. The zero-order chi connectivity index (χ0) is 27.5. The van der Waals surface area contributed by atoms with Crippen molar-refractivity contribution in [3.05, 3.63) is 48.6 Å². The molecule has 4 N–H and O–H groups in total. The van der Waals surface area contributed by atoms with Gasteiger partial charge < -0.3 is 26.2 Å². The molecule has 0 saturated carbocycles. The van der Waals surface area contributed by atoms with E-state index in [9.17, 15) is 24.0 Å². The Hall–Kier alpha value is -3.95. The molecule has 2 aliphatic rings. The second kappa shape index (κ2) is 11.0. The average Bonchev–Trinajstić information content (AvgIpc) is 3.40. The van der Waals surface area contributed by atoms with E-state index in [0.29, 0.717) is 17.7 Å². The molecule has 0 unspecified atom stereocenters. The quantitative estimate of drug-likeness (QED) is 0.260. The second-order valence-corrected chi connectivity index (χ2v) is 10.0. The van der Waals surface area contributed by atoms with E-state index >= 15 is 0 Å². The van der Waals surface area contributed by atoms with Gasteiger partial charge in [-0.1, -0.05) is 38.6 Å². The van der Waals surface area contributed by atoms with Crippen LogP contribution in [-0.4, -0.2) is 71.6 Å². The SMILES string of the molecule is C=CCCNC(=O)C(=O)N(C)[C@@H](CC(C)C)C(=O)N1C[C@]2(C[C@H]1C(N)=O)C(=O)Nc1ccc(C=C)cc12. The van der Waals surface area contributed by atoms with Gasteiger partial charge in [0.1, 0.15) is 12.1 Å². The van der Waals surface area contributed by atoms with Gasteiger partial charge in [0, 0.05) is 25.8 Å². The highest BCUT2D eigenvalue weighted by Gasteiger charge is 2.58. The summed E-state index contributed by atoms with van der Waals surface area (Å²) >= 11 is 0. The predicted molar refractivity (Wildman–Crippen MR) is 140 cm³/mol. The lowest BCUT2D eigenvalue weighted by molar-refractivity contribution is -0.152. The third-order valence-corrected chi connectivity index (χ3v) is 7.04. The molecule has 10 nitrogen and oxygen atoms in total. The first kappa shape index (κ1) is 27.6. The highest BCUT2D eigenvalue weighted by atomic mass is 16.2. The monoisotopic (exact) mass is 509 g/mol. The third-order valence-electron chi connectivity index (χ3n) is 7.04. The molecule has 1 aromatic rings. The summed E-state index contributed by atoms with van der Waals surface area (Å²) in [6, 6.07) is 3.31. The predicted octanol–water partition coefficient (Wildman–Crippen LogP) is 1.17. The molecule has 0 aliphatic carbocycles. The Bertz CT molecular complexity index is 1150. The molecule has 0 bridgehead atoms. The van der Waals surface area contributed by atoms with Crippen molar-refractivity contribution in [3.8, 4) is 0 Å². The Labute approximate surface area is 216 Å². The number of nitrogens with two attached hydrogens (primary N) is 1. The standard InChI is InChI=1S/C27H35N5O5/c1-6-8-11-29-23(34)25(36)31(5)20(12-16(3)4)24(35)32-15-27(14-21(32)22(28)33)18-13-17(7-2)9-10-19(18)30-26(27)37/h6-7,9-10,13,16,20-21H,1-2,8,11-12,14-15H2,3-5H3,(H2,28,33)(H,29,34)(H,30,37)/t20-,21-,27-/m0/s1. The van der Waals surface area contributed by atoms with Crippen LogP contribution in [0.2, 0.25) is 0 Å². The zero-order valence-corrected chi connectivity index (χ0v) is 21.6. The third kappa shape index (κ3) is 5.28. The van der Waals surface area contributed by atoms with E-state index in [2.05, 4.69) is 23.8 Å². The van der Waals surface area contributed by atoms with Crippen molar-refractivity contribution < 1.29 is 24.0 Å². The number of amides is 5. The number of hydrogen-bond donors (Lipinski definition) is 3. The summed E-state index contributed by atoms with van der Waals surface area (Å²) < 4.78 is 0. The number of fused-ring (bicyclic) bond motifs is 2. The van der Waals surface area contributed by atoms with E-state index in [4.69, 9.17) is 5.73 Å². The summed E-state index contributed by atoms with van der Waals surface area (Å²) in [6.07, 6.45) is 4.02. The fraction of sp³-hybridized carbons (Fsp3) is 0.444. The Morgan fingerprint density at radius 3 is 2.59 bits per heavy atom. The van der Waals surface area contributed by atoms with E-state index in [0.717, 1.165) is 10.5 Å². The molecular weight excluding hydrogens is 474 g/mol. The molecule has 1 saturated heterocycles. The average molecular weight is 510 g/mol. The maximum absolute atomic E-state index is 13.9. The van der Waals surface area contributed by atoms with Gasteiger partial charge in [-0.25, -0.2) is 0 Å². The molecule has 5 amide bonds. The van der Waals surface area contributed by atoms with Gasteiger partial charge in [-0.2, -0.15) is 0 Å². The van der Waals surface area contributed by atoms with Crippen molar-refractivity contribution in [2.45, 2.75) is 50.6 Å². The van der Waals surface area contributed by atoms with Crippen molar-refractivity contribution >= 4 is 41.3 Å². The fourth-order valence-corrected chi connectivity index (χ4v) is 5.04. The largest absolute Gasteiger partial charge is 0.368 e. The summed E-state index contributed by atoms with van der Waals surface area (Å²) in [4.78, 5) is 67.4. The van der Waals surface area contributed by atoms with E-state index in [1.165, 1.54) is 11.9 Å². The summed E-state index contributed by atoms with van der Waals surface area (Å²) in [5, 5.41) is 5.37. The van der Waals surface area contributed by atoms with Gasteiger partial charge in [-0.3, -0.25) is 24.0 Å². The summed E-state index contributed by atoms with van der Waals surface area (Å²) in [7, 11) is 1.39. The Morgan fingerprint density at radius 2 is 2.00 bits per heavy atom. The van der Waals surface area contributed by atoms with Crippen LogP contribution in [0.1, 0.15) is 44.2 Å². The van der Waals surface area contributed by atoms with Crippen molar-refractivity contribution in [2.24, 2.45) is 11.7 Å². The van der Waals surface area contributed by atoms with Crippen LogP contribution in [0.15, 0.2) is 37.4 Å². The van der Waals surface area contributed by atoms with Crippen LogP contribution in [0, 0.1) is 5.92 Å². The summed E-state index contributed by atoms with van der Waals surface area (Å²) in [5.41, 5.74) is 6.62. The molecule has 37 heavy (non-hydrogen) atoms. The van der Waals surface area contributed by atoms with Crippen LogP contribution in [0.5, 0.6) is 0 Å². The van der Waals surface area contributed by atoms with Gasteiger partial charge in [0.25, 0.3) is 0 Å². The highest BCUT2D eigenvalue weighted by molar-refractivity contribution is 6.35. The first-order valence-electron chi connectivity index (χ1n) is 12.3. The molecule has 0 radical (unpaired) electrons. The molecule has 3 rings (SSSR count). The van der Waals surface area contributed by atoms with Crippen LogP contribution in [0.4, 0.5) is 5.69 Å². The number of benzene rings is 1. The summed E-state index contributed by atoms with van der Waals surface area (Å²) in [5.74, 6) is -3.32. The van der Waals surface area contributed by atoms with Crippen LogP contribution in [0.3, 0.4) is 0 Å². The lowest BCUT2D eigenvalue weighted by Gasteiger charge is -2.33. The zero-order valence-electron chi connectivity index (χ0n) is 21.6. The van der Waals surface area contributed by atoms with E-state index in [1.54, 1.807) is 18.2 Å². The van der Waals surface area contributed by atoms with Crippen LogP contribution in [0.25, 0.3) is 6.08 Å². The number of primary amides is 1. The number of nitrogens with one attached hydrogen (secondary N) is 2. The number of hydrogen-bond acceptors (Lipinski definition) is 5. The Balaban J connectivity index is 1.95. The van der Waals surface area contributed by atoms with Crippen LogP contribution < -0.4 is 16.4 Å². The van der Waals surface area contributed by atoms with Crippen molar-refractivity contribution in [2.75, 3.05) is 25.5 Å². The van der Waals surface area contributed by atoms with Gasteiger partial charge in [-0.15, -0.1) is 6.58 Å². The fourth-order valence-electron chi connectivity index (χ4n) is 5.04. The van der Waals surface area contributed by atoms with Gasteiger partial charge >= 0.3 is 11.8 Å². The van der Waals surface area contributed by atoms with Crippen molar-refractivity contribution in [3.63, 3.8) is 0 Å². The first-order valence-corrected chi connectivity index (χ1v) is 12.3. The molecule has 2 heterocycles. The minimum Gasteiger partial charge on any atom is -0.368 e. The number of likely N-dealkylation sites (N-methyl/N-ethyl adjacent to an activating group) is 1. The van der Waals surface area contributed by atoms with Crippen molar-refractivity contribution in [1.82, 2.24) is 15.1 Å². The van der Waals surface area contributed by atoms with Crippen LogP contribution >= 0.6 is 0 Å². The van der Waals surface area contributed by atoms with E-state index in [-0.39, 0.29) is 37.8 Å². The number of nitrogens with zero attached hydrogens (tertiary/aromatic N) is 2. The maximum Gasteiger partial charge on any atom is 0.312 e. The second-order valence-electron chi connectivity index (χ2n) is 10.0. The number of rotatable bonds is 9. The lowest BCUT2D eigenvalue weighted by Crippen LogP contribution is -2.56. The molecule has 0 aromatic heterocycles. The van der Waals surface area contributed by atoms with E-state index in [1.807, 2.05) is 26.0 Å². The first-order chi connectivity index (χ1) is 17.5. The summed E-state index contributed by atoms with van der Waals surface area (Å²) in [6.45, 7) is 11.3. The number of carbonyl (C=O) groups is 5. The highest BCUT2D eigenvalue weighted by Crippen LogP contribution is 2.47. The molecule has 198 valence electrons. The number of likely N-dealkylation sites (tertiary alicyclic amines) is 1. The van der Waals surface area contributed by atoms with Crippen LogP contribution in [-0.2, 0) is 29.4 Å². The molecule has 1 fully saturated rings. The Morgan fingerprint density at radius 1 is 1.30 bits per heavy atom. The Kier molecular flexibility index (Phi) is 8.20. The minimum absolute atomic E-state index is 0.0118. The molecule has 1 spiro atoms. The molecule has 3 atom stereocenters. The minimum atomic E-state index is -1.17. The maximum atomic E-state index is 13.9. The molecule has 2 aliphatic heterocycles. The molecular formula is C27H35N5O5. The van der Waals surface area contributed by atoms with Gasteiger partial charge in [0.2, 0.25) is 17.7 Å². The molecule has 1 aromatic carbocycles. The lowest BCUT2D eigenvalue weighted by atomic mass is 9.79. The van der Waals surface area contributed by atoms with Gasteiger partial charge in [-0.05, 0) is 48.4 Å². The molecule has 10 heteroatoms. The topological polar surface area (TPSA) is 142 Å². The van der Waals surface area contributed by atoms with E-state index < -0.39 is 41.1 Å².